The van der Waals surface area contributed by atoms with Gasteiger partial charge in [0, 0.05) is 32.0 Å². The molecular formula is C14H21N3O2. The zero-order valence-corrected chi connectivity index (χ0v) is 11.9. The second-order valence-electron chi connectivity index (χ2n) is 5.00. The Morgan fingerprint density at radius 2 is 1.89 bits per heavy atom. The predicted molar refractivity (Wildman–Crippen MR) is 77.2 cm³/mol. The Balaban J connectivity index is 2.61. The molecule has 19 heavy (non-hydrogen) atoms. The fraction of sp³-hybridized carbons (Fsp3) is 0.429. The van der Waals surface area contributed by atoms with Gasteiger partial charge in [-0.2, -0.15) is 0 Å². The van der Waals surface area contributed by atoms with Crippen molar-refractivity contribution in [2.45, 2.75) is 13.8 Å². The van der Waals surface area contributed by atoms with E-state index in [0.717, 1.165) is 5.69 Å². The number of hydrogen-bond donors (Lipinski definition) is 2. The summed E-state index contributed by atoms with van der Waals surface area (Å²) < 4.78 is 0. The molecule has 0 spiro atoms. The van der Waals surface area contributed by atoms with Gasteiger partial charge in [0.1, 0.15) is 0 Å². The molecule has 0 saturated heterocycles. The van der Waals surface area contributed by atoms with E-state index in [1.807, 2.05) is 51.0 Å². The molecule has 0 atom stereocenters. The van der Waals surface area contributed by atoms with Crippen LogP contribution in [-0.4, -0.2) is 32.5 Å². The Kier molecular flexibility index (Phi) is 5.36. The second kappa shape index (κ2) is 6.78. The second-order valence-corrected chi connectivity index (χ2v) is 5.00. The third-order valence-electron chi connectivity index (χ3n) is 2.50. The van der Waals surface area contributed by atoms with E-state index >= 15 is 0 Å². The molecule has 0 fully saturated rings. The smallest absolute Gasteiger partial charge is 0.313 e. The maximum absolute atomic E-state index is 11.7. The average Bonchev–Trinajstić information content (AvgIpc) is 2.36. The van der Waals surface area contributed by atoms with Crippen LogP contribution in [0.25, 0.3) is 0 Å². The van der Waals surface area contributed by atoms with Crippen molar-refractivity contribution in [3.8, 4) is 0 Å². The zero-order chi connectivity index (χ0) is 14.4. The van der Waals surface area contributed by atoms with Crippen molar-refractivity contribution in [1.29, 1.82) is 0 Å². The van der Waals surface area contributed by atoms with Crippen LogP contribution in [0.3, 0.4) is 0 Å². The van der Waals surface area contributed by atoms with Gasteiger partial charge in [0.25, 0.3) is 0 Å². The largest absolute Gasteiger partial charge is 0.378 e. The van der Waals surface area contributed by atoms with Crippen molar-refractivity contribution in [3.63, 3.8) is 0 Å². The summed E-state index contributed by atoms with van der Waals surface area (Å²) in [5.41, 5.74) is 1.57. The molecule has 0 aliphatic rings. The van der Waals surface area contributed by atoms with Crippen molar-refractivity contribution < 1.29 is 9.59 Å². The van der Waals surface area contributed by atoms with Crippen LogP contribution in [0, 0.1) is 5.92 Å². The summed E-state index contributed by atoms with van der Waals surface area (Å²) >= 11 is 0. The number of rotatable bonds is 4. The minimum atomic E-state index is -0.642. The van der Waals surface area contributed by atoms with Gasteiger partial charge in [0.15, 0.2) is 0 Å². The van der Waals surface area contributed by atoms with E-state index in [4.69, 9.17) is 0 Å². The molecule has 0 saturated carbocycles. The normalized spacial score (nSPS) is 10.2. The molecule has 0 radical (unpaired) electrons. The third-order valence-corrected chi connectivity index (χ3v) is 2.50. The number of nitrogens with one attached hydrogen (secondary N) is 2. The summed E-state index contributed by atoms with van der Waals surface area (Å²) in [4.78, 5) is 25.1. The molecule has 0 aromatic heterocycles. The molecule has 0 aliphatic carbocycles. The standard InChI is InChI=1S/C14H21N3O2/c1-10(2)9-15-13(18)14(19)16-11-6-5-7-12(8-11)17(3)4/h5-8,10H,9H2,1-4H3,(H,15,18)(H,16,19). The molecule has 5 heteroatoms. The molecule has 5 nitrogen and oxygen atoms in total. The number of carbonyl (C=O) groups excluding carboxylic acids is 2. The van der Waals surface area contributed by atoms with Gasteiger partial charge in [-0.25, -0.2) is 0 Å². The van der Waals surface area contributed by atoms with E-state index in [9.17, 15) is 9.59 Å². The quantitative estimate of drug-likeness (QED) is 0.809. The number of benzene rings is 1. The Labute approximate surface area is 114 Å². The summed E-state index contributed by atoms with van der Waals surface area (Å²) in [5, 5.41) is 5.16. The van der Waals surface area contributed by atoms with Crippen molar-refractivity contribution in [3.05, 3.63) is 24.3 Å². The molecule has 2 amide bonds. The predicted octanol–water partition coefficient (Wildman–Crippen LogP) is 1.46. The molecule has 1 rings (SSSR count). The Hall–Kier alpha value is -2.04. The van der Waals surface area contributed by atoms with Gasteiger partial charge in [-0.15, -0.1) is 0 Å². The zero-order valence-electron chi connectivity index (χ0n) is 11.9. The fourth-order valence-corrected chi connectivity index (χ4v) is 1.43. The molecule has 104 valence electrons. The summed E-state index contributed by atoms with van der Waals surface area (Å²) in [6.07, 6.45) is 0. The molecule has 1 aromatic carbocycles. The van der Waals surface area contributed by atoms with E-state index in [2.05, 4.69) is 10.6 Å². The van der Waals surface area contributed by atoms with Crippen LogP contribution in [0.4, 0.5) is 11.4 Å². The minimum Gasteiger partial charge on any atom is -0.378 e. The summed E-state index contributed by atoms with van der Waals surface area (Å²) in [6.45, 7) is 4.43. The lowest BCUT2D eigenvalue weighted by Crippen LogP contribution is -2.37. The topological polar surface area (TPSA) is 61.4 Å². The fourth-order valence-electron chi connectivity index (χ4n) is 1.43. The molecule has 0 heterocycles. The number of carbonyl (C=O) groups is 2. The highest BCUT2D eigenvalue weighted by atomic mass is 16.2. The van der Waals surface area contributed by atoms with Crippen LogP contribution in [0.1, 0.15) is 13.8 Å². The molecule has 0 unspecified atom stereocenters. The third kappa shape index (κ3) is 4.99. The summed E-state index contributed by atoms with van der Waals surface area (Å²) in [6, 6.07) is 7.32. The number of hydrogen-bond acceptors (Lipinski definition) is 3. The summed E-state index contributed by atoms with van der Waals surface area (Å²) in [5.74, 6) is -0.936. The minimum absolute atomic E-state index is 0.314. The van der Waals surface area contributed by atoms with Crippen LogP contribution in [0.15, 0.2) is 24.3 Å². The van der Waals surface area contributed by atoms with E-state index in [1.165, 1.54) is 0 Å². The highest BCUT2D eigenvalue weighted by Crippen LogP contribution is 2.16. The van der Waals surface area contributed by atoms with Crippen LogP contribution in [0.2, 0.25) is 0 Å². The van der Waals surface area contributed by atoms with Gasteiger partial charge in [-0.1, -0.05) is 19.9 Å². The molecule has 0 bridgehead atoms. The van der Waals surface area contributed by atoms with Crippen molar-refractivity contribution in [2.24, 2.45) is 5.92 Å². The lowest BCUT2D eigenvalue weighted by atomic mass is 10.2. The number of anilines is 2. The lowest BCUT2D eigenvalue weighted by molar-refractivity contribution is -0.136. The first kappa shape index (κ1) is 15.0. The van der Waals surface area contributed by atoms with Crippen LogP contribution < -0.4 is 15.5 Å². The van der Waals surface area contributed by atoms with Gasteiger partial charge >= 0.3 is 11.8 Å². The molecular weight excluding hydrogens is 242 g/mol. The van der Waals surface area contributed by atoms with E-state index < -0.39 is 11.8 Å². The highest BCUT2D eigenvalue weighted by Gasteiger charge is 2.13. The van der Waals surface area contributed by atoms with E-state index in [1.54, 1.807) is 6.07 Å². The molecule has 1 aromatic rings. The van der Waals surface area contributed by atoms with Crippen molar-refractivity contribution in [1.82, 2.24) is 5.32 Å². The first-order valence-corrected chi connectivity index (χ1v) is 6.26. The van der Waals surface area contributed by atoms with Gasteiger partial charge in [0.2, 0.25) is 0 Å². The first-order chi connectivity index (χ1) is 8.90. The maximum atomic E-state index is 11.7. The van der Waals surface area contributed by atoms with E-state index in [0.29, 0.717) is 18.2 Å². The Morgan fingerprint density at radius 1 is 1.21 bits per heavy atom. The molecule has 0 aliphatic heterocycles. The average molecular weight is 263 g/mol. The van der Waals surface area contributed by atoms with Gasteiger partial charge in [-0.3, -0.25) is 9.59 Å². The van der Waals surface area contributed by atoms with Crippen molar-refractivity contribution >= 4 is 23.2 Å². The summed E-state index contributed by atoms with van der Waals surface area (Å²) in [7, 11) is 3.83. The van der Waals surface area contributed by atoms with Gasteiger partial charge < -0.3 is 15.5 Å². The monoisotopic (exact) mass is 263 g/mol. The van der Waals surface area contributed by atoms with Crippen LogP contribution in [0.5, 0.6) is 0 Å². The lowest BCUT2D eigenvalue weighted by Gasteiger charge is -2.14. The number of amides is 2. The first-order valence-electron chi connectivity index (χ1n) is 6.26. The van der Waals surface area contributed by atoms with Gasteiger partial charge in [-0.05, 0) is 24.1 Å². The van der Waals surface area contributed by atoms with E-state index in [-0.39, 0.29) is 0 Å². The maximum Gasteiger partial charge on any atom is 0.313 e. The van der Waals surface area contributed by atoms with Crippen molar-refractivity contribution in [2.75, 3.05) is 30.9 Å². The van der Waals surface area contributed by atoms with Crippen LogP contribution in [-0.2, 0) is 9.59 Å². The van der Waals surface area contributed by atoms with Gasteiger partial charge in [0.05, 0.1) is 0 Å². The Morgan fingerprint density at radius 3 is 2.47 bits per heavy atom. The number of nitrogens with zero attached hydrogens (tertiary/aromatic N) is 1. The molecule has 2 N–H and O–H groups in total. The SMILES string of the molecule is CC(C)CNC(=O)C(=O)Nc1cccc(N(C)C)c1. The highest BCUT2D eigenvalue weighted by molar-refractivity contribution is 6.39. The Bertz CT molecular complexity index is 456. The van der Waals surface area contributed by atoms with Crippen LogP contribution >= 0.6 is 0 Å².